The van der Waals surface area contributed by atoms with Gasteiger partial charge >= 0.3 is 6.03 Å². The highest BCUT2D eigenvalue weighted by atomic mass is 32.2. The number of amides is 2. The Morgan fingerprint density at radius 1 is 1.13 bits per heavy atom. The molecule has 1 saturated heterocycles. The molecule has 1 aliphatic heterocycles. The van der Waals surface area contributed by atoms with Crippen LogP contribution < -0.4 is 14.8 Å². The topological polar surface area (TPSA) is 87.7 Å². The van der Waals surface area contributed by atoms with E-state index in [1.54, 1.807) is 29.2 Å². The molecular formula is C20H23F2N3O4S. The van der Waals surface area contributed by atoms with Crippen molar-refractivity contribution in [3.8, 4) is 5.75 Å². The maximum Gasteiger partial charge on any atom is 0.321 e. The SMILES string of the molecule is COc1ccccc1NC(=O)N1CCC(CNS(=O)(=O)c2cc(F)cc(F)c2)CC1. The fourth-order valence-corrected chi connectivity index (χ4v) is 4.43. The number of rotatable bonds is 6. The molecule has 0 bridgehead atoms. The number of methoxy groups -OCH3 is 1. The average Bonchev–Trinajstić information content (AvgIpc) is 2.72. The standard InChI is InChI=1S/C20H23F2N3O4S/c1-29-19-5-3-2-4-18(19)24-20(26)25-8-6-14(7-9-25)13-23-30(27,28)17-11-15(21)10-16(22)12-17/h2-5,10-12,14,23H,6-9,13H2,1H3,(H,24,26). The van der Waals surface area contributed by atoms with Crippen LogP contribution in [0.2, 0.25) is 0 Å². The maximum atomic E-state index is 13.3. The molecule has 0 spiro atoms. The van der Waals surface area contributed by atoms with Crippen molar-refractivity contribution in [3.05, 3.63) is 54.1 Å². The van der Waals surface area contributed by atoms with Crippen LogP contribution in [-0.4, -0.2) is 46.1 Å². The number of hydrogen-bond donors (Lipinski definition) is 2. The van der Waals surface area contributed by atoms with Gasteiger partial charge in [0.25, 0.3) is 0 Å². The van der Waals surface area contributed by atoms with Crippen LogP contribution in [0.3, 0.4) is 0 Å². The van der Waals surface area contributed by atoms with E-state index in [4.69, 9.17) is 4.74 Å². The molecule has 7 nitrogen and oxygen atoms in total. The van der Waals surface area contributed by atoms with Crippen molar-refractivity contribution in [1.82, 2.24) is 9.62 Å². The Morgan fingerprint density at radius 3 is 2.40 bits per heavy atom. The first-order valence-electron chi connectivity index (χ1n) is 9.43. The van der Waals surface area contributed by atoms with E-state index < -0.39 is 26.6 Å². The highest BCUT2D eigenvalue weighted by molar-refractivity contribution is 7.89. The van der Waals surface area contributed by atoms with Crippen LogP contribution in [0.5, 0.6) is 5.75 Å². The molecule has 0 aliphatic carbocycles. The lowest BCUT2D eigenvalue weighted by atomic mass is 9.97. The third-order valence-electron chi connectivity index (χ3n) is 4.96. The smallest absolute Gasteiger partial charge is 0.321 e. The molecule has 1 aliphatic rings. The molecule has 162 valence electrons. The van der Waals surface area contributed by atoms with Crippen LogP contribution in [-0.2, 0) is 10.0 Å². The minimum absolute atomic E-state index is 0.00786. The fourth-order valence-electron chi connectivity index (χ4n) is 3.28. The normalized spacial score (nSPS) is 15.1. The van der Waals surface area contributed by atoms with E-state index in [1.165, 1.54) is 7.11 Å². The molecule has 2 aromatic carbocycles. The Hall–Kier alpha value is -2.72. The van der Waals surface area contributed by atoms with Crippen LogP contribution in [0.15, 0.2) is 47.4 Å². The average molecular weight is 439 g/mol. The molecule has 1 heterocycles. The summed E-state index contributed by atoms with van der Waals surface area (Å²) in [4.78, 5) is 13.7. The Morgan fingerprint density at radius 2 is 1.77 bits per heavy atom. The lowest BCUT2D eigenvalue weighted by Gasteiger charge is -2.32. The summed E-state index contributed by atoms with van der Waals surface area (Å²) in [6.07, 6.45) is 1.19. The second-order valence-corrected chi connectivity index (χ2v) is 8.78. The van der Waals surface area contributed by atoms with Crippen LogP contribution in [0.1, 0.15) is 12.8 Å². The minimum atomic E-state index is -4.02. The van der Waals surface area contributed by atoms with Crippen molar-refractivity contribution in [3.63, 3.8) is 0 Å². The number of carbonyl (C=O) groups excluding carboxylic acids is 1. The van der Waals surface area contributed by atoms with Crippen LogP contribution in [0.4, 0.5) is 19.3 Å². The van der Waals surface area contributed by atoms with Crippen molar-refractivity contribution in [2.45, 2.75) is 17.7 Å². The molecule has 2 N–H and O–H groups in total. The fraction of sp³-hybridized carbons (Fsp3) is 0.350. The van der Waals surface area contributed by atoms with Gasteiger partial charge in [-0.05, 0) is 43.0 Å². The summed E-state index contributed by atoms with van der Waals surface area (Å²) in [5, 5.41) is 2.81. The van der Waals surface area contributed by atoms with Gasteiger partial charge in [-0.1, -0.05) is 12.1 Å². The molecule has 2 aromatic rings. The number of hydrogen-bond acceptors (Lipinski definition) is 4. The van der Waals surface area contributed by atoms with Gasteiger partial charge in [-0.2, -0.15) is 0 Å². The zero-order chi connectivity index (χ0) is 21.7. The summed E-state index contributed by atoms with van der Waals surface area (Å²) in [5.74, 6) is -1.34. The van der Waals surface area contributed by atoms with Gasteiger partial charge in [0.05, 0.1) is 17.7 Å². The molecule has 2 amide bonds. The van der Waals surface area contributed by atoms with Gasteiger partial charge in [0.15, 0.2) is 0 Å². The van der Waals surface area contributed by atoms with Crippen molar-refractivity contribution >= 4 is 21.7 Å². The zero-order valence-corrected chi connectivity index (χ0v) is 17.2. The first-order chi connectivity index (χ1) is 14.3. The molecule has 10 heteroatoms. The molecule has 0 unspecified atom stereocenters. The van der Waals surface area contributed by atoms with Gasteiger partial charge in [-0.15, -0.1) is 0 Å². The molecule has 3 rings (SSSR count). The van der Waals surface area contributed by atoms with E-state index in [0.717, 1.165) is 12.1 Å². The summed E-state index contributed by atoms with van der Waals surface area (Å²) in [6.45, 7) is 1.05. The molecule has 0 aromatic heterocycles. The van der Waals surface area contributed by atoms with Gasteiger partial charge in [-0.25, -0.2) is 26.7 Å². The molecule has 0 saturated carbocycles. The monoisotopic (exact) mass is 439 g/mol. The van der Waals surface area contributed by atoms with Crippen LogP contribution in [0, 0.1) is 17.6 Å². The summed E-state index contributed by atoms with van der Waals surface area (Å²) >= 11 is 0. The van der Waals surface area contributed by atoms with Crippen molar-refractivity contribution in [2.75, 3.05) is 32.1 Å². The molecule has 0 radical (unpaired) electrons. The maximum absolute atomic E-state index is 13.3. The third kappa shape index (κ3) is 5.45. The predicted molar refractivity (Wildman–Crippen MR) is 108 cm³/mol. The van der Waals surface area contributed by atoms with Crippen molar-refractivity contribution in [2.24, 2.45) is 5.92 Å². The Kier molecular flexibility index (Phi) is 6.88. The number of likely N-dealkylation sites (tertiary alicyclic amines) is 1. The molecule has 0 atom stereocenters. The number of nitrogens with one attached hydrogen (secondary N) is 2. The summed E-state index contributed by atoms with van der Waals surface area (Å²) in [7, 11) is -2.50. The Labute approximate surface area is 174 Å². The van der Waals surface area contributed by atoms with E-state index >= 15 is 0 Å². The summed E-state index contributed by atoms with van der Waals surface area (Å²) < 4.78 is 58.8. The van der Waals surface area contributed by atoms with Crippen LogP contribution in [0.25, 0.3) is 0 Å². The second-order valence-electron chi connectivity index (χ2n) is 7.02. The number of para-hydroxylation sites is 2. The Bertz CT molecular complexity index is 989. The van der Waals surface area contributed by atoms with E-state index in [1.807, 2.05) is 0 Å². The number of sulfonamides is 1. The zero-order valence-electron chi connectivity index (χ0n) is 16.4. The number of carbonyl (C=O) groups is 1. The lowest BCUT2D eigenvalue weighted by Crippen LogP contribution is -2.43. The van der Waals surface area contributed by atoms with E-state index in [9.17, 15) is 22.0 Å². The first-order valence-corrected chi connectivity index (χ1v) is 10.9. The highest BCUT2D eigenvalue weighted by Gasteiger charge is 2.25. The van der Waals surface area contributed by atoms with Gasteiger partial charge in [0.1, 0.15) is 17.4 Å². The lowest BCUT2D eigenvalue weighted by molar-refractivity contribution is 0.183. The highest BCUT2D eigenvalue weighted by Crippen LogP contribution is 2.24. The molecular weight excluding hydrogens is 416 g/mol. The summed E-state index contributed by atoms with van der Waals surface area (Å²) in [5.41, 5.74) is 0.571. The number of nitrogens with zero attached hydrogens (tertiary/aromatic N) is 1. The number of anilines is 1. The number of urea groups is 1. The van der Waals surface area contributed by atoms with E-state index in [2.05, 4.69) is 10.0 Å². The largest absolute Gasteiger partial charge is 0.495 e. The van der Waals surface area contributed by atoms with Crippen molar-refractivity contribution in [1.29, 1.82) is 0 Å². The minimum Gasteiger partial charge on any atom is -0.495 e. The van der Waals surface area contributed by atoms with Gasteiger partial charge < -0.3 is 15.0 Å². The number of halogens is 2. The number of ether oxygens (including phenoxy) is 1. The Balaban J connectivity index is 1.51. The van der Waals surface area contributed by atoms with Crippen molar-refractivity contribution < 1.29 is 26.7 Å². The van der Waals surface area contributed by atoms with Gasteiger partial charge in [0.2, 0.25) is 10.0 Å². The third-order valence-corrected chi connectivity index (χ3v) is 6.36. The number of benzene rings is 2. The van der Waals surface area contributed by atoms with Gasteiger partial charge in [0, 0.05) is 25.7 Å². The quantitative estimate of drug-likeness (QED) is 0.724. The van der Waals surface area contributed by atoms with Crippen LogP contribution >= 0.6 is 0 Å². The molecule has 30 heavy (non-hydrogen) atoms. The second kappa shape index (κ2) is 9.40. The summed E-state index contributed by atoms with van der Waals surface area (Å²) in [6, 6.07) is 9.00. The van der Waals surface area contributed by atoms with E-state index in [0.29, 0.717) is 43.4 Å². The van der Waals surface area contributed by atoms with E-state index in [-0.39, 0.29) is 18.5 Å². The first kappa shape index (κ1) is 22.0. The predicted octanol–water partition coefficient (Wildman–Crippen LogP) is 3.20. The van der Waals surface area contributed by atoms with Gasteiger partial charge in [-0.3, -0.25) is 0 Å². The number of piperidine rings is 1. The molecule has 1 fully saturated rings.